The summed E-state index contributed by atoms with van der Waals surface area (Å²) >= 11 is 0. The number of nitrogens with zero attached hydrogens (tertiary/aromatic N) is 2. The highest BCUT2D eigenvalue weighted by molar-refractivity contribution is 6.02. The number of aryl methyl sites for hydroxylation is 1. The summed E-state index contributed by atoms with van der Waals surface area (Å²) in [7, 11) is 0. The fourth-order valence-electron chi connectivity index (χ4n) is 4.31. The molecule has 0 radical (unpaired) electrons. The van der Waals surface area contributed by atoms with Gasteiger partial charge in [-0.3, -0.25) is 5.10 Å². The van der Waals surface area contributed by atoms with Crippen molar-refractivity contribution in [3.8, 4) is 11.1 Å². The molecule has 5 heteroatoms. The van der Waals surface area contributed by atoms with Gasteiger partial charge in [-0.15, -0.1) is 0 Å². The maximum Gasteiger partial charge on any atom is 0.156 e. The number of nitrogens with one attached hydrogen (secondary N) is 3. The molecule has 0 amide bonds. The number of hydrogen-bond acceptors (Lipinski definition) is 3. The molecule has 0 atom stereocenters. The number of H-pyrrole nitrogens is 2. The normalized spacial score (nSPS) is 14.1. The molecule has 30 heavy (non-hydrogen) atoms. The van der Waals surface area contributed by atoms with E-state index in [4.69, 9.17) is 0 Å². The number of hydrogen-bond donors (Lipinski definition) is 3. The van der Waals surface area contributed by atoms with Crippen molar-refractivity contribution >= 4 is 22.3 Å². The molecule has 0 saturated carbocycles. The zero-order valence-corrected chi connectivity index (χ0v) is 17.1. The summed E-state index contributed by atoms with van der Waals surface area (Å²) in [5.74, 6) is 0.921. The van der Waals surface area contributed by atoms with Crippen LogP contribution in [0.5, 0.6) is 0 Å². The Morgan fingerprint density at radius 1 is 1.00 bits per heavy atom. The maximum atomic E-state index is 4.54. The van der Waals surface area contributed by atoms with Crippen molar-refractivity contribution in [3.63, 3.8) is 0 Å². The van der Waals surface area contributed by atoms with E-state index >= 15 is 0 Å². The van der Waals surface area contributed by atoms with Crippen molar-refractivity contribution in [1.82, 2.24) is 20.2 Å². The number of fused-ring (bicyclic) bond motifs is 1. The predicted octanol–water partition coefficient (Wildman–Crippen LogP) is 5.96. The summed E-state index contributed by atoms with van der Waals surface area (Å²) < 4.78 is 0. The first-order valence-corrected chi connectivity index (χ1v) is 10.9. The minimum atomic E-state index is 0.862. The average Bonchev–Trinajstić information content (AvgIpc) is 3.47. The molecule has 5 rings (SSSR count). The molecule has 2 aromatic carbocycles. The summed E-state index contributed by atoms with van der Waals surface area (Å²) in [5, 5.41) is 12.4. The van der Waals surface area contributed by atoms with Crippen LogP contribution in [0.4, 0.5) is 5.82 Å². The zero-order valence-electron chi connectivity index (χ0n) is 17.1. The molecule has 5 nitrogen and oxygen atoms in total. The number of allylic oxidation sites excluding steroid dienone is 2. The Kier molecular flexibility index (Phi) is 5.34. The number of imidazole rings is 1. The predicted molar refractivity (Wildman–Crippen MR) is 123 cm³/mol. The van der Waals surface area contributed by atoms with Crippen molar-refractivity contribution in [2.24, 2.45) is 0 Å². The van der Waals surface area contributed by atoms with Gasteiger partial charge in [-0.05, 0) is 66.9 Å². The number of rotatable bonds is 7. The first-order valence-electron chi connectivity index (χ1n) is 10.9. The molecule has 2 aromatic heterocycles. The van der Waals surface area contributed by atoms with E-state index < -0.39 is 0 Å². The lowest BCUT2D eigenvalue weighted by molar-refractivity contribution is 0.742. The van der Waals surface area contributed by atoms with E-state index in [1.165, 1.54) is 47.9 Å². The molecule has 0 saturated heterocycles. The van der Waals surface area contributed by atoms with E-state index in [1.807, 2.05) is 6.20 Å². The Balaban J connectivity index is 1.36. The molecule has 0 fully saturated rings. The van der Waals surface area contributed by atoms with Crippen molar-refractivity contribution in [3.05, 3.63) is 72.3 Å². The van der Waals surface area contributed by atoms with Crippen LogP contribution < -0.4 is 5.32 Å². The van der Waals surface area contributed by atoms with Crippen LogP contribution in [-0.2, 0) is 6.42 Å². The monoisotopic (exact) mass is 397 g/mol. The van der Waals surface area contributed by atoms with Crippen LogP contribution in [0.1, 0.15) is 43.4 Å². The topological polar surface area (TPSA) is 69.4 Å². The SMILES string of the molecule is C1=C(c2ccc(-c3cccc4[nH]nc(NCCCc5cnc[nH]5)c34)cc2)CCCC1. The number of aromatic nitrogens is 4. The third kappa shape index (κ3) is 3.88. The molecule has 2 heterocycles. The molecular weight excluding hydrogens is 370 g/mol. The van der Waals surface area contributed by atoms with Crippen molar-refractivity contribution < 1.29 is 0 Å². The molecule has 4 aromatic rings. The van der Waals surface area contributed by atoms with Gasteiger partial charge in [-0.2, -0.15) is 5.10 Å². The van der Waals surface area contributed by atoms with Gasteiger partial charge in [-0.25, -0.2) is 4.98 Å². The standard InChI is InChI=1S/C25H27N5/c1-2-6-18(7-3-1)19-11-13-20(14-12-19)22-9-4-10-23-24(22)25(30-29-23)27-15-5-8-21-16-26-17-28-21/h4,6,9-14,16-17H,1-3,5,7-8,15H2,(H,26,28)(H2,27,29,30). The third-order valence-electron chi connectivity index (χ3n) is 5.92. The molecule has 152 valence electrons. The molecule has 1 aliphatic carbocycles. The van der Waals surface area contributed by atoms with Gasteiger partial charge in [0.15, 0.2) is 5.82 Å². The van der Waals surface area contributed by atoms with Crippen LogP contribution in [-0.4, -0.2) is 26.7 Å². The Labute approximate surface area is 176 Å². The van der Waals surface area contributed by atoms with Crippen LogP contribution in [0, 0.1) is 0 Å². The summed E-state index contributed by atoms with van der Waals surface area (Å²) in [6.45, 7) is 0.862. The van der Waals surface area contributed by atoms with Gasteiger partial charge in [0, 0.05) is 18.4 Å². The van der Waals surface area contributed by atoms with Crippen LogP contribution in [0.15, 0.2) is 61.1 Å². The van der Waals surface area contributed by atoms with Crippen LogP contribution in [0.25, 0.3) is 27.6 Å². The van der Waals surface area contributed by atoms with Crippen molar-refractivity contribution in [2.45, 2.75) is 38.5 Å². The Morgan fingerprint density at radius 3 is 2.70 bits per heavy atom. The lowest BCUT2D eigenvalue weighted by Gasteiger charge is -2.13. The van der Waals surface area contributed by atoms with Gasteiger partial charge in [0.05, 0.1) is 17.2 Å². The van der Waals surface area contributed by atoms with Gasteiger partial charge in [-0.1, -0.05) is 42.5 Å². The van der Waals surface area contributed by atoms with E-state index in [2.05, 4.69) is 74.0 Å². The highest BCUT2D eigenvalue weighted by Crippen LogP contribution is 2.34. The number of benzene rings is 2. The second-order valence-corrected chi connectivity index (χ2v) is 7.96. The fraction of sp³-hybridized carbons (Fsp3) is 0.280. The first kappa shape index (κ1) is 18.7. The molecule has 0 spiro atoms. The summed E-state index contributed by atoms with van der Waals surface area (Å²) in [4.78, 5) is 7.23. The Morgan fingerprint density at radius 2 is 1.90 bits per heavy atom. The fourth-order valence-corrected chi connectivity index (χ4v) is 4.31. The molecular formula is C25H27N5. The van der Waals surface area contributed by atoms with Crippen LogP contribution in [0.3, 0.4) is 0 Å². The molecule has 0 bridgehead atoms. The van der Waals surface area contributed by atoms with E-state index in [0.717, 1.165) is 41.8 Å². The second-order valence-electron chi connectivity index (χ2n) is 7.96. The largest absolute Gasteiger partial charge is 0.368 e. The molecule has 0 aliphatic heterocycles. The van der Waals surface area contributed by atoms with E-state index in [9.17, 15) is 0 Å². The first-order chi connectivity index (χ1) is 14.9. The lowest BCUT2D eigenvalue weighted by Crippen LogP contribution is -2.04. The molecule has 1 aliphatic rings. The van der Waals surface area contributed by atoms with Gasteiger partial charge >= 0.3 is 0 Å². The summed E-state index contributed by atoms with van der Waals surface area (Å²) in [5.41, 5.74) is 7.51. The minimum Gasteiger partial charge on any atom is -0.368 e. The van der Waals surface area contributed by atoms with Crippen molar-refractivity contribution in [2.75, 3.05) is 11.9 Å². The number of aromatic amines is 2. The van der Waals surface area contributed by atoms with E-state index in [-0.39, 0.29) is 0 Å². The van der Waals surface area contributed by atoms with Crippen LogP contribution in [0.2, 0.25) is 0 Å². The maximum absolute atomic E-state index is 4.54. The third-order valence-corrected chi connectivity index (χ3v) is 5.92. The molecule has 0 unspecified atom stereocenters. The van der Waals surface area contributed by atoms with E-state index in [1.54, 1.807) is 6.33 Å². The van der Waals surface area contributed by atoms with Gasteiger partial charge in [0.1, 0.15) is 0 Å². The Bertz CT molecular complexity index is 1140. The average molecular weight is 398 g/mol. The zero-order chi connectivity index (χ0) is 20.2. The minimum absolute atomic E-state index is 0.862. The Hall–Kier alpha value is -3.34. The summed E-state index contributed by atoms with van der Waals surface area (Å²) in [6.07, 6.45) is 13.0. The highest BCUT2D eigenvalue weighted by Gasteiger charge is 2.12. The highest BCUT2D eigenvalue weighted by atomic mass is 15.2. The summed E-state index contributed by atoms with van der Waals surface area (Å²) in [6, 6.07) is 15.4. The smallest absolute Gasteiger partial charge is 0.156 e. The van der Waals surface area contributed by atoms with Crippen molar-refractivity contribution in [1.29, 1.82) is 0 Å². The molecule has 3 N–H and O–H groups in total. The van der Waals surface area contributed by atoms with Gasteiger partial charge in [0.25, 0.3) is 0 Å². The van der Waals surface area contributed by atoms with E-state index in [0.29, 0.717) is 0 Å². The quantitative estimate of drug-likeness (QED) is 0.337. The number of anilines is 1. The van der Waals surface area contributed by atoms with Gasteiger partial charge < -0.3 is 10.3 Å². The van der Waals surface area contributed by atoms with Crippen LogP contribution >= 0.6 is 0 Å². The van der Waals surface area contributed by atoms with Gasteiger partial charge in [0.2, 0.25) is 0 Å². The second kappa shape index (κ2) is 8.57. The lowest BCUT2D eigenvalue weighted by atomic mass is 9.92.